The quantitative estimate of drug-likeness (QED) is 0.647. The molecule has 0 radical (unpaired) electrons. The molecular weight excluding hydrogens is 180 g/mol. The minimum Gasteiger partial charge on any atom is -0.464 e. The van der Waals surface area contributed by atoms with Crippen LogP contribution in [0.3, 0.4) is 0 Å². The molecule has 0 bridgehead atoms. The van der Waals surface area contributed by atoms with Crippen LogP contribution < -0.4 is 5.32 Å². The zero-order chi connectivity index (χ0) is 9.97. The second-order valence-corrected chi connectivity index (χ2v) is 4.06. The summed E-state index contributed by atoms with van der Waals surface area (Å²) < 4.78 is 5.00. The molecule has 0 aromatic heterocycles. The van der Waals surface area contributed by atoms with E-state index in [1.807, 2.05) is 7.05 Å². The maximum Gasteiger partial charge on any atom is 0.323 e. The number of esters is 1. The maximum absolute atomic E-state index is 11.4. The van der Waals surface area contributed by atoms with Crippen molar-refractivity contribution in [3.05, 3.63) is 0 Å². The van der Waals surface area contributed by atoms with Crippen LogP contribution in [0, 0.1) is 0 Å². The van der Waals surface area contributed by atoms with E-state index in [0.717, 1.165) is 19.5 Å². The average Bonchev–Trinajstić information content (AvgIpc) is 2.74. The van der Waals surface area contributed by atoms with E-state index in [2.05, 4.69) is 10.2 Å². The summed E-state index contributed by atoms with van der Waals surface area (Å²) in [5.41, 5.74) is 0. The zero-order valence-corrected chi connectivity index (χ0v) is 8.66. The van der Waals surface area contributed by atoms with Gasteiger partial charge in [-0.05, 0) is 26.4 Å². The number of nitrogens with one attached hydrogen (secondary N) is 1. The number of nitrogens with zero attached hydrogens (tertiary/aromatic N) is 1. The number of carbonyl (C=O) groups excluding carboxylic acids is 1. The molecule has 2 unspecified atom stereocenters. The molecule has 1 N–H and O–H groups in total. The van der Waals surface area contributed by atoms with Crippen molar-refractivity contribution in [2.75, 3.05) is 26.7 Å². The Labute approximate surface area is 84.6 Å². The normalized spacial score (nSPS) is 33.6. The van der Waals surface area contributed by atoms with Crippen molar-refractivity contribution >= 4 is 5.97 Å². The van der Waals surface area contributed by atoms with Crippen molar-refractivity contribution in [2.24, 2.45) is 0 Å². The summed E-state index contributed by atoms with van der Waals surface area (Å²) in [5, 5.41) is 3.18. The lowest BCUT2D eigenvalue weighted by Gasteiger charge is -2.27. The fourth-order valence-electron chi connectivity index (χ4n) is 2.51. The molecule has 4 heteroatoms. The van der Waals surface area contributed by atoms with Gasteiger partial charge in [0, 0.05) is 19.0 Å². The average molecular weight is 198 g/mol. The summed E-state index contributed by atoms with van der Waals surface area (Å²) in [6, 6.07) is 0.562. The van der Waals surface area contributed by atoms with Gasteiger partial charge in [-0.2, -0.15) is 0 Å². The third-order valence-corrected chi connectivity index (χ3v) is 3.17. The van der Waals surface area contributed by atoms with Crippen molar-refractivity contribution < 1.29 is 9.53 Å². The van der Waals surface area contributed by atoms with Crippen molar-refractivity contribution in [3.63, 3.8) is 0 Å². The van der Waals surface area contributed by atoms with Crippen LogP contribution in [0.2, 0.25) is 0 Å². The Morgan fingerprint density at radius 2 is 2.43 bits per heavy atom. The van der Waals surface area contributed by atoms with Gasteiger partial charge in [0.05, 0.1) is 6.61 Å². The Kier molecular flexibility index (Phi) is 3.03. The summed E-state index contributed by atoms with van der Waals surface area (Å²) in [6.07, 6.45) is 3.28. The maximum atomic E-state index is 11.4. The first-order chi connectivity index (χ1) is 6.83. The predicted molar refractivity (Wildman–Crippen MR) is 53.0 cm³/mol. The van der Waals surface area contributed by atoms with E-state index < -0.39 is 0 Å². The lowest BCUT2D eigenvalue weighted by Crippen LogP contribution is -2.45. The van der Waals surface area contributed by atoms with Crippen LogP contribution >= 0.6 is 0 Å². The number of likely N-dealkylation sites (tertiary alicyclic amines) is 1. The summed E-state index contributed by atoms with van der Waals surface area (Å²) in [7, 11) is 1.96. The number of cyclic esters (lactones) is 1. The van der Waals surface area contributed by atoms with Crippen LogP contribution in [-0.2, 0) is 9.53 Å². The highest BCUT2D eigenvalue weighted by Gasteiger charge is 2.38. The first-order valence-electron chi connectivity index (χ1n) is 5.40. The Morgan fingerprint density at radius 3 is 3.07 bits per heavy atom. The van der Waals surface area contributed by atoms with Gasteiger partial charge in [0.15, 0.2) is 0 Å². The molecule has 2 heterocycles. The van der Waals surface area contributed by atoms with Crippen molar-refractivity contribution in [1.29, 1.82) is 0 Å². The van der Waals surface area contributed by atoms with E-state index in [0.29, 0.717) is 12.6 Å². The number of hydrogen-bond acceptors (Lipinski definition) is 4. The minimum atomic E-state index is -0.0204. The zero-order valence-electron chi connectivity index (χ0n) is 8.66. The molecule has 2 aliphatic rings. The lowest BCUT2D eigenvalue weighted by atomic mass is 10.1. The van der Waals surface area contributed by atoms with Crippen LogP contribution in [0.25, 0.3) is 0 Å². The van der Waals surface area contributed by atoms with Gasteiger partial charge >= 0.3 is 5.97 Å². The Bertz CT molecular complexity index is 220. The number of ether oxygens (including phenoxy) is 1. The van der Waals surface area contributed by atoms with E-state index in [1.54, 1.807) is 0 Å². The van der Waals surface area contributed by atoms with Crippen LogP contribution in [-0.4, -0.2) is 49.7 Å². The van der Waals surface area contributed by atoms with Gasteiger partial charge in [0.2, 0.25) is 0 Å². The van der Waals surface area contributed by atoms with Gasteiger partial charge in [-0.15, -0.1) is 0 Å². The van der Waals surface area contributed by atoms with Gasteiger partial charge in [-0.25, -0.2) is 0 Å². The smallest absolute Gasteiger partial charge is 0.323 e. The first kappa shape index (κ1) is 9.93. The predicted octanol–water partition coefficient (Wildman–Crippen LogP) is -0.0143. The second kappa shape index (κ2) is 4.28. The molecule has 2 rings (SSSR count). The first-order valence-corrected chi connectivity index (χ1v) is 5.40. The van der Waals surface area contributed by atoms with Crippen molar-refractivity contribution in [3.8, 4) is 0 Å². The monoisotopic (exact) mass is 198 g/mol. The highest BCUT2D eigenvalue weighted by atomic mass is 16.5. The van der Waals surface area contributed by atoms with Gasteiger partial charge < -0.3 is 10.1 Å². The molecular formula is C10H18N2O2. The van der Waals surface area contributed by atoms with Crippen molar-refractivity contribution in [2.45, 2.75) is 31.3 Å². The summed E-state index contributed by atoms with van der Waals surface area (Å²) in [6.45, 7) is 2.63. The largest absolute Gasteiger partial charge is 0.464 e. The Hall–Kier alpha value is -0.610. The number of likely N-dealkylation sites (N-methyl/N-ethyl adjacent to an activating group) is 1. The second-order valence-electron chi connectivity index (χ2n) is 4.06. The van der Waals surface area contributed by atoms with Gasteiger partial charge in [-0.1, -0.05) is 0 Å². The van der Waals surface area contributed by atoms with Crippen LogP contribution in [0.1, 0.15) is 19.3 Å². The van der Waals surface area contributed by atoms with E-state index in [4.69, 9.17) is 4.74 Å². The molecule has 0 amide bonds. The third-order valence-electron chi connectivity index (χ3n) is 3.17. The fourth-order valence-corrected chi connectivity index (χ4v) is 2.51. The highest BCUT2D eigenvalue weighted by molar-refractivity contribution is 5.77. The molecule has 2 atom stereocenters. The fraction of sp³-hybridized carbons (Fsp3) is 0.900. The van der Waals surface area contributed by atoms with Gasteiger partial charge in [-0.3, -0.25) is 9.69 Å². The minimum absolute atomic E-state index is 0.0204. The molecule has 2 aliphatic heterocycles. The molecule has 0 aliphatic carbocycles. The number of carbonyl (C=O) groups is 1. The molecule has 0 aromatic carbocycles. The number of rotatable bonds is 3. The molecule has 0 aromatic rings. The molecule has 2 fully saturated rings. The molecule has 14 heavy (non-hydrogen) atoms. The van der Waals surface area contributed by atoms with Crippen LogP contribution in [0.5, 0.6) is 0 Å². The topological polar surface area (TPSA) is 41.6 Å². The number of hydrogen-bond donors (Lipinski definition) is 1. The van der Waals surface area contributed by atoms with E-state index in [1.165, 1.54) is 12.8 Å². The SMILES string of the molecule is CNCC1CCCN1C1CCOC1=O. The summed E-state index contributed by atoms with van der Waals surface area (Å²) in [4.78, 5) is 13.7. The van der Waals surface area contributed by atoms with Gasteiger partial charge in [0.25, 0.3) is 0 Å². The molecule has 2 saturated heterocycles. The standard InChI is InChI=1S/C10H18N2O2/c1-11-7-8-3-2-5-12(8)9-4-6-14-10(9)13/h8-9,11H,2-7H2,1H3. The molecule has 80 valence electrons. The van der Waals surface area contributed by atoms with E-state index in [-0.39, 0.29) is 12.0 Å². The molecule has 0 spiro atoms. The summed E-state index contributed by atoms with van der Waals surface area (Å²) in [5.74, 6) is -0.0204. The highest BCUT2D eigenvalue weighted by Crippen LogP contribution is 2.24. The van der Waals surface area contributed by atoms with Crippen LogP contribution in [0.15, 0.2) is 0 Å². The Morgan fingerprint density at radius 1 is 1.57 bits per heavy atom. The molecule has 0 saturated carbocycles. The van der Waals surface area contributed by atoms with Gasteiger partial charge in [0.1, 0.15) is 6.04 Å². The lowest BCUT2D eigenvalue weighted by molar-refractivity contribution is -0.142. The van der Waals surface area contributed by atoms with E-state index in [9.17, 15) is 4.79 Å². The van der Waals surface area contributed by atoms with E-state index >= 15 is 0 Å². The summed E-state index contributed by atoms with van der Waals surface area (Å²) >= 11 is 0. The van der Waals surface area contributed by atoms with Crippen molar-refractivity contribution in [1.82, 2.24) is 10.2 Å². The molecule has 4 nitrogen and oxygen atoms in total. The third kappa shape index (κ3) is 1.77. The van der Waals surface area contributed by atoms with Crippen LogP contribution in [0.4, 0.5) is 0 Å². The Balaban J connectivity index is 1.98.